The topological polar surface area (TPSA) is 89.5 Å². The van der Waals surface area contributed by atoms with Gasteiger partial charge in [0.2, 0.25) is 0 Å². The Kier molecular flexibility index (Phi) is 13.2. The van der Waals surface area contributed by atoms with E-state index in [1.807, 2.05) is 27.7 Å². The Balaban J connectivity index is 2.43. The molecule has 2 aromatic rings. The van der Waals surface area contributed by atoms with Crippen LogP contribution >= 0.6 is 7.60 Å². The van der Waals surface area contributed by atoms with E-state index < -0.39 is 13.8 Å². The lowest BCUT2D eigenvalue weighted by Crippen LogP contribution is -2.13. The summed E-state index contributed by atoms with van der Waals surface area (Å²) in [5.74, 6) is 3.14. The van der Waals surface area contributed by atoms with E-state index in [9.17, 15) is 9.36 Å². The first-order valence-corrected chi connectivity index (χ1v) is 15.8. The van der Waals surface area contributed by atoms with E-state index in [1.165, 1.54) is 6.92 Å². The number of hydrogen-bond acceptors (Lipinski definition) is 8. The molecule has 0 fully saturated rings. The molecule has 0 radical (unpaired) electrons. The van der Waals surface area contributed by atoms with Gasteiger partial charge in [0.15, 0.2) is 23.0 Å². The van der Waals surface area contributed by atoms with Gasteiger partial charge in [-0.15, -0.1) is 0 Å². The fourth-order valence-corrected chi connectivity index (χ4v) is 4.84. The standard InChI is InChI=1S/C31H47O8P/c1-21(2)16-34-26-10-12-28(30(14-26)36-18-23(5)6)38-40(33,20-25(9)32)39-29-13-11-27(35-17-22(3)4)15-31(29)37-19-24(7)8/h10-15,21-24H,16-20H2,1-9H3. The third kappa shape index (κ3) is 12.1. The first-order chi connectivity index (χ1) is 18.8. The molecule has 0 heterocycles. The maximum Gasteiger partial charge on any atom is 0.438 e. The molecule has 0 aromatic heterocycles. The van der Waals surface area contributed by atoms with Crippen molar-refractivity contribution in [3.8, 4) is 34.5 Å². The van der Waals surface area contributed by atoms with Crippen LogP contribution in [-0.4, -0.2) is 38.4 Å². The fourth-order valence-electron chi connectivity index (χ4n) is 3.23. The van der Waals surface area contributed by atoms with Gasteiger partial charge in [-0.2, -0.15) is 0 Å². The summed E-state index contributed by atoms with van der Waals surface area (Å²) < 4.78 is 49.8. The minimum Gasteiger partial charge on any atom is -0.493 e. The highest BCUT2D eigenvalue weighted by molar-refractivity contribution is 7.55. The van der Waals surface area contributed by atoms with Crippen LogP contribution in [0, 0.1) is 23.7 Å². The van der Waals surface area contributed by atoms with E-state index in [1.54, 1.807) is 36.4 Å². The summed E-state index contributed by atoms with van der Waals surface area (Å²) in [7, 11) is -4.05. The molecular formula is C31H47O8P. The Bertz CT molecular complexity index is 1050. The minimum atomic E-state index is -4.05. The molecule has 0 spiro atoms. The van der Waals surface area contributed by atoms with Gasteiger partial charge in [-0.1, -0.05) is 55.4 Å². The van der Waals surface area contributed by atoms with Crippen LogP contribution in [0.4, 0.5) is 0 Å². The average molecular weight is 579 g/mol. The number of carbonyl (C=O) groups is 1. The second-order valence-electron chi connectivity index (χ2n) is 11.7. The van der Waals surface area contributed by atoms with Crippen LogP contribution < -0.4 is 28.0 Å². The van der Waals surface area contributed by atoms with Crippen molar-refractivity contribution in [2.24, 2.45) is 23.7 Å². The van der Waals surface area contributed by atoms with Gasteiger partial charge in [-0.05, 0) is 54.9 Å². The van der Waals surface area contributed by atoms with Gasteiger partial charge in [-0.3, -0.25) is 4.79 Å². The first-order valence-electron chi connectivity index (χ1n) is 14.0. The quantitative estimate of drug-likeness (QED) is 0.164. The summed E-state index contributed by atoms with van der Waals surface area (Å²) in [6.07, 6.45) is -0.433. The van der Waals surface area contributed by atoms with E-state index in [0.29, 0.717) is 61.3 Å². The molecule has 0 unspecified atom stereocenters. The average Bonchev–Trinajstić information content (AvgIpc) is 2.84. The third-order valence-electron chi connectivity index (χ3n) is 5.03. The van der Waals surface area contributed by atoms with Gasteiger partial charge in [0.1, 0.15) is 23.4 Å². The third-order valence-corrected chi connectivity index (χ3v) is 6.81. The number of rotatable bonds is 18. The zero-order chi connectivity index (χ0) is 29.9. The molecule has 2 rings (SSSR count). The lowest BCUT2D eigenvalue weighted by molar-refractivity contribution is -0.114. The van der Waals surface area contributed by atoms with Crippen molar-refractivity contribution in [2.45, 2.75) is 62.3 Å². The highest BCUT2D eigenvalue weighted by Gasteiger charge is 2.33. The molecule has 9 heteroatoms. The monoisotopic (exact) mass is 578 g/mol. The van der Waals surface area contributed by atoms with Crippen molar-refractivity contribution in [1.29, 1.82) is 0 Å². The summed E-state index contributed by atoms with van der Waals surface area (Å²) in [5.41, 5.74) is 0. The largest absolute Gasteiger partial charge is 0.493 e. The molecule has 0 saturated heterocycles. The molecular weight excluding hydrogens is 531 g/mol. The van der Waals surface area contributed by atoms with Gasteiger partial charge in [-0.25, -0.2) is 4.57 Å². The molecule has 0 N–H and O–H groups in total. The highest BCUT2D eigenvalue weighted by Crippen LogP contribution is 2.53. The van der Waals surface area contributed by atoms with Crippen molar-refractivity contribution in [3.63, 3.8) is 0 Å². The van der Waals surface area contributed by atoms with Gasteiger partial charge in [0.25, 0.3) is 0 Å². The Morgan fingerprint density at radius 1 is 0.600 bits per heavy atom. The van der Waals surface area contributed by atoms with E-state index >= 15 is 0 Å². The molecule has 0 aliphatic carbocycles. The maximum absolute atomic E-state index is 14.1. The van der Waals surface area contributed by atoms with Gasteiger partial charge in [0, 0.05) is 12.1 Å². The summed E-state index contributed by atoms with van der Waals surface area (Å²) >= 11 is 0. The van der Waals surface area contributed by atoms with Crippen molar-refractivity contribution >= 4 is 13.4 Å². The number of hydrogen-bond donors (Lipinski definition) is 0. The normalized spacial score (nSPS) is 11.7. The summed E-state index contributed by atoms with van der Waals surface area (Å²) in [6, 6.07) is 10.1. The minimum absolute atomic E-state index is 0.198. The number of ether oxygens (including phenoxy) is 4. The second-order valence-corrected chi connectivity index (χ2v) is 13.6. The van der Waals surface area contributed by atoms with Gasteiger partial charge >= 0.3 is 7.60 Å². The Labute approximate surface area is 240 Å². The molecule has 0 atom stereocenters. The number of carbonyl (C=O) groups excluding carboxylic acids is 1. The van der Waals surface area contributed by atoms with E-state index in [4.69, 9.17) is 28.0 Å². The van der Waals surface area contributed by atoms with Crippen molar-refractivity contribution < 1.29 is 37.4 Å². The smallest absolute Gasteiger partial charge is 0.438 e. The van der Waals surface area contributed by atoms with E-state index in [2.05, 4.69) is 27.7 Å². The Hall–Kier alpha value is -2.86. The first kappa shape index (κ1) is 33.3. The number of benzene rings is 2. The second kappa shape index (κ2) is 15.8. The van der Waals surface area contributed by atoms with Gasteiger partial charge < -0.3 is 28.0 Å². The van der Waals surface area contributed by atoms with Crippen LogP contribution in [0.5, 0.6) is 34.5 Å². The van der Waals surface area contributed by atoms with Crippen molar-refractivity contribution in [2.75, 3.05) is 32.6 Å². The Morgan fingerprint density at radius 2 is 0.950 bits per heavy atom. The van der Waals surface area contributed by atoms with Crippen LogP contribution in [0.3, 0.4) is 0 Å². The van der Waals surface area contributed by atoms with E-state index in [-0.39, 0.29) is 29.1 Å². The SMILES string of the molecule is CC(=O)CP(=O)(Oc1ccc(OCC(C)C)cc1OCC(C)C)Oc1ccc(OCC(C)C)cc1OCC(C)C. The molecule has 224 valence electrons. The molecule has 0 aliphatic rings. The molecule has 40 heavy (non-hydrogen) atoms. The van der Waals surface area contributed by atoms with E-state index in [0.717, 1.165) is 0 Å². The Morgan fingerprint density at radius 3 is 1.27 bits per heavy atom. The molecule has 0 amide bonds. The highest BCUT2D eigenvalue weighted by atomic mass is 31.2. The van der Waals surface area contributed by atoms with Crippen LogP contribution in [0.25, 0.3) is 0 Å². The molecule has 2 aromatic carbocycles. The summed E-state index contributed by atoms with van der Waals surface area (Å²) in [4.78, 5) is 12.2. The zero-order valence-corrected chi connectivity index (χ0v) is 26.4. The van der Waals surface area contributed by atoms with Gasteiger partial charge in [0.05, 0.1) is 26.4 Å². The lowest BCUT2D eigenvalue weighted by Gasteiger charge is -2.23. The van der Waals surface area contributed by atoms with Crippen LogP contribution in [0.1, 0.15) is 62.3 Å². The zero-order valence-electron chi connectivity index (χ0n) is 25.5. The molecule has 8 nitrogen and oxygen atoms in total. The summed E-state index contributed by atoms with van der Waals surface area (Å²) in [6.45, 7) is 19.6. The maximum atomic E-state index is 14.1. The molecule has 0 bridgehead atoms. The van der Waals surface area contributed by atoms with Crippen LogP contribution in [-0.2, 0) is 9.36 Å². The number of ketones is 1. The fraction of sp³-hybridized carbons (Fsp3) is 0.581. The lowest BCUT2D eigenvalue weighted by atomic mass is 10.2. The predicted octanol–water partition coefficient (Wildman–Crippen LogP) is 8.07. The number of Topliss-reactive ketones (excluding diaryl/α,β-unsaturated/α-hetero) is 1. The molecule has 0 aliphatic heterocycles. The molecule has 0 saturated carbocycles. The predicted molar refractivity (Wildman–Crippen MR) is 159 cm³/mol. The van der Waals surface area contributed by atoms with Crippen LogP contribution in [0.15, 0.2) is 36.4 Å². The van der Waals surface area contributed by atoms with Crippen LogP contribution in [0.2, 0.25) is 0 Å². The van der Waals surface area contributed by atoms with Crippen molar-refractivity contribution in [3.05, 3.63) is 36.4 Å². The van der Waals surface area contributed by atoms with Crippen molar-refractivity contribution in [1.82, 2.24) is 0 Å². The summed E-state index contributed by atoms with van der Waals surface area (Å²) in [5, 5.41) is 0.